The van der Waals surface area contributed by atoms with Crippen LogP contribution in [0.15, 0.2) is 49.2 Å². The number of aromatic nitrogens is 5. The van der Waals surface area contributed by atoms with Crippen molar-refractivity contribution in [2.75, 3.05) is 12.4 Å². The highest BCUT2D eigenvalue weighted by atomic mass is 16.5. The Kier molecular flexibility index (Phi) is 3.72. The van der Waals surface area contributed by atoms with Gasteiger partial charge in [-0.15, -0.1) is 0 Å². The second-order valence-corrected chi connectivity index (χ2v) is 4.27. The molecule has 21 heavy (non-hydrogen) atoms. The van der Waals surface area contributed by atoms with Crippen molar-refractivity contribution in [2.45, 2.75) is 6.54 Å². The topological polar surface area (TPSA) is 77.8 Å². The van der Waals surface area contributed by atoms with E-state index in [1.54, 1.807) is 24.3 Å². The number of rotatable bonds is 5. The van der Waals surface area contributed by atoms with Crippen LogP contribution in [-0.4, -0.2) is 31.8 Å². The first-order valence-electron chi connectivity index (χ1n) is 6.40. The summed E-state index contributed by atoms with van der Waals surface area (Å²) in [5, 5.41) is 7.29. The Balaban J connectivity index is 1.65. The van der Waals surface area contributed by atoms with Crippen LogP contribution in [0.3, 0.4) is 0 Å². The van der Waals surface area contributed by atoms with Gasteiger partial charge in [-0.1, -0.05) is 6.07 Å². The molecule has 106 valence electrons. The van der Waals surface area contributed by atoms with E-state index in [9.17, 15) is 0 Å². The lowest BCUT2D eigenvalue weighted by Gasteiger charge is -2.07. The minimum absolute atomic E-state index is 0.599. The van der Waals surface area contributed by atoms with Gasteiger partial charge < -0.3 is 10.1 Å². The first-order valence-corrected chi connectivity index (χ1v) is 6.40. The predicted octanol–water partition coefficient (Wildman–Crippen LogP) is 1.68. The van der Waals surface area contributed by atoms with Crippen LogP contribution in [0.25, 0.3) is 5.82 Å². The maximum absolute atomic E-state index is 5.10. The predicted molar refractivity (Wildman–Crippen MR) is 77.3 cm³/mol. The van der Waals surface area contributed by atoms with Crippen LogP contribution in [0.1, 0.15) is 5.69 Å². The van der Waals surface area contributed by atoms with E-state index in [-0.39, 0.29) is 0 Å². The lowest BCUT2D eigenvalue weighted by molar-refractivity contribution is 0.396. The van der Waals surface area contributed by atoms with Crippen LogP contribution in [-0.2, 0) is 6.54 Å². The SMILES string of the molecule is COc1cccc(CNc2ccc(-n3cncn3)nc2)n1. The Morgan fingerprint density at radius 1 is 1.24 bits per heavy atom. The van der Waals surface area contributed by atoms with E-state index in [1.807, 2.05) is 30.3 Å². The van der Waals surface area contributed by atoms with E-state index < -0.39 is 0 Å². The van der Waals surface area contributed by atoms with Gasteiger partial charge in [0.1, 0.15) is 12.7 Å². The summed E-state index contributed by atoms with van der Waals surface area (Å²) in [5.74, 6) is 1.33. The largest absolute Gasteiger partial charge is 0.481 e. The van der Waals surface area contributed by atoms with Gasteiger partial charge in [-0.3, -0.25) is 0 Å². The molecule has 3 aromatic heterocycles. The molecule has 3 rings (SSSR count). The van der Waals surface area contributed by atoms with Gasteiger partial charge in [-0.2, -0.15) is 5.10 Å². The van der Waals surface area contributed by atoms with Crippen LogP contribution in [0.5, 0.6) is 5.88 Å². The number of hydrogen-bond acceptors (Lipinski definition) is 6. The van der Waals surface area contributed by atoms with Crippen LogP contribution in [0.4, 0.5) is 5.69 Å². The summed E-state index contributed by atoms with van der Waals surface area (Å²) in [4.78, 5) is 12.5. The van der Waals surface area contributed by atoms with Crippen LogP contribution < -0.4 is 10.1 Å². The first kappa shape index (κ1) is 13.0. The van der Waals surface area contributed by atoms with Crippen LogP contribution in [0, 0.1) is 0 Å². The summed E-state index contributed by atoms with van der Waals surface area (Å²) < 4.78 is 6.70. The van der Waals surface area contributed by atoms with Crippen LogP contribution >= 0.6 is 0 Å². The van der Waals surface area contributed by atoms with Gasteiger partial charge in [0.25, 0.3) is 0 Å². The van der Waals surface area contributed by atoms with E-state index in [2.05, 4.69) is 25.4 Å². The van der Waals surface area contributed by atoms with Crippen molar-refractivity contribution >= 4 is 5.69 Å². The lowest BCUT2D eigenvalue weighted by atomic mass is 10.3. The Morgan fingerprint density at radius 2 is 2.19 bits per heavy atom. The normalized spacial score (nSPS) is 10.3. The van der Waals surface area contributed by atoms with E-state index in [1.165, 1.54) is 6.33 Å². The van der Waals surface area contributed by atoms with Gasteiger partial charge in [0.15, 0.2) is 5.82 Å². The molecule has 0 atom stereocenters. The standard InChI is InChI=1S/C14H14N6O/c1-21-14-4-2-3-12(19-14)8-16-11-5-6-13(17-7-11)20-10-15-9-18-20/h2-7,9-10,16H,8H2,1H3. The molecule has 0 amide bonds. The van der Waals surface area contributed by atoms with E-state index >= 15 is 0 Å². The van der Waals surface area contributed by atoms with Crippen molar-refractivity contribution in [3.05, 3.63) is 54.9 Å². The molecule has 0 spiro atoms. The molecule has 1 N–H and O–H groups in total. The molecule has 0 radical (unpaired) electrons. The molecule has 0 saturated carbocycles. The highest BCUT2D eigenvalue weighted by Gasteiger charge is 2.01. The van der Waals surface area contributed by atoms with Crippen molar-refractivity contribution < 1.29 is 4.74 Å². The molecule has 0 aliphatic rings. The van der Waals surface area contributed by atoms with Crippen molar-refractivity contribution in [2.24, 2.45) is 0 Å². The second-order valence-electron chi connectivity index (χ2n) is 4.27. The third kappa shape index (κ3) is 3.14. The first-order chi connectivity index (χ1) is 10.3. The maximum atomic E-state index is 5.10. The highest BCUT2D eigenvalue weighted by molar-refractivity contribution is 5.43. The van der Waals surface area contributed by atoms with E-state index in [0.717, 1.165) is 17.2 Å². The zero-order chi connectivity index (χ0) is 14.5. The van der Waals surface area contributed by atoms with Crippen molar-refractivity contribution in [3.8, 4) is 11.7 Å². The van der Waals surface area contributed by atoms with Gasteiger partial charge in [-0.05, 0) is 18.2 Å². The van der Waals surface area contributed by atoms with Crippen molar-refractivity contribution in [3.63, 3.8) is 0 Å². The lowest BCUT2D eigenvalue weighted by Crippen LogP contribution is -2.04. The Bertz CT molecular complexity index is 696. The molecule has 0 aromatic carbocycles. The molecule has 0 bridgehead atoms. The molecule has 7 heteroatoms. The summed E-state index contributed by atoms with van der Waals surface area (Å²) in [6.07, 6.45) is 4.83. The molecule has 0 fully saturated rings. The third-order valence-electron chi connectivity index (χ3n) is 2.87. The van der Waals surface area contributed by atoms with Gasteiger partial charge in [0.05, 0.1) is 31.2 Å². The minimum atomic E-state index is 0.599. The molecule has 3 heterocycles. The van der Waals surface area contributed by atoms with Gasteiger partial charge in [-0.25, -0.2) is 19.6 Å². The van der Waals surface area contributed by atoms with E-state index in [0.29, 0.717) is 12.4 Å². The average molecular weight is 282 g/mol. The summed E-state index contributed by atoms with van der Waals surface area (Å²) in [6.45, 7) is 0.599. The van der Waals surface area contributed by atoms with Crippen LogP contribution in [0.2, 0.25) is 0 Å². The fraction of sp³-hybridized carbons (Fsp3) is 0.143. The molecule has 3 aromatic rings. The zero-order valence-electron chi connectivity index (χ0n) is 11.5. The third-order valence-corrected chi connectivity index (χ3v) is 2.87. The average Bonchev–Trinajstić information content (AvgIpc) is 3.08. The van der Waals surface area contributed by atoms with Gasteiger partial charge >= 0.3 is 0 Å². The molecular weight excluding hydrogens is 268 g/mol. The number of hydrogen-bond donors (Lipinski definition) is 1. The Morgan fingerprint density at radius 3 is 2.90 bits per heavy atom. The summed E-state index contributed by atoms with van der Waals surface area (Å²) >= 11 is 0. The number of methoxy groups -OCH3 is 1. The maximum Gasteiger partial charge on any atom is 0.213 e. The molecule has 0 unspecified atom stereocenters. The fourth-order valence-electron chi connectivity index (χ4n) is 1.82. The molecule has 7 nitrogen and oxygen atoms in total. The van der Waals surface area contributed by atoms with Gasteiger partial charge in [0, 0.05) is 6.07 Å². The van der Waals surface area contributed by atoms with Gasteiger partial charge in [0.2, 0.25) is 5.88 Å². The Hall–Kier alpha value is -2.96. The fourth-order valence-corrected chi connectivity index (χ4v) is 1.82. The molecule has 0 aliphatic heterocycles. The van der Waals surface area contributed by atoms with Crippen molar-refractivity contribution in [1.82, 2.24) is 24.7 Å². The smallest absolute Gasteiger partial charge is 0.213 e. The number of ether oxygens (including phenoxy) is 1. The summed E-state index contributed by atoms with van der Waals surface area (Å²) in [5.41, 5.74) is 1.80. The highest BCUT2D eigenvalue weighted by Crippen LogP contribution is 2.11. The number of pyridine rings is 2. The monoisotopic (exact) mass is 282 g/mol. The number of nitrogens with zero attached hydrogens (tertiary/aromatic N) is 5. The molecule has 0 aliphatic carbocycles. The Labute approximate surface area is 121 Å². The molecule has 0 saturated heterocycles. The minimum Gasteiger partial charge on any atom is -0.481 e. The molecular formula is C14H14N6O. The zero-order valence-corrected chi connectivity index (χ0v) is 11.5. The van der Waals surface area contributed by atoms with E-state index in [4.69, 9.17) is 4.74 Å². The number of nitrogens with one attached hydrogen (secondary N) is 1. The summed E-state index contributed by atoms with van der Waals surface area (Å²) in [6, 6.07) is 9.47. The number of anilines is 1. The summed E-state index contributed by atoms with van der Waals surface area (Å²) in [7, 11) is 1.60. The quantitative estimate of drug-likeness (QED) is 0.767. The van der Waals surface area contributed by atoms with Crippen molar-refractivity contribution in [1.29, 1.82) is 0 Å². The second kappa shape index (κ2) is 6.00.